The summed E-state index contributed by atoms with van der Waals surface area (Å²) in [5, 5.41) is 9.40. The Bertz CT molecular complexity index is 982. The Balaban J connectivity index is 2.03. The molecule has 1 heterocycles. The molecule has 0 aliphatic carbocycles. The minimum atomic E-state index is -0.458. The number of benzene rings is 2. The average Bonchev–Trinajstić information content (AvgIpc) is 3.02. The minimum Gasteiger partial charge on any atom is -0.495 e. The molecular weight excluding hydrogens is 396 g/mol. The number of para-hydroxylation sites is 2. The Morgan fingerprint density at radius 2 is 1.71 bits per heavy atom. The van der Waals surface area contributed by atoms with Crippen LogP contribution in [0.15, 0.2) is 54.2 Å². The summed E-state index contributed by atoms with van der Waals surface area (Å²) in [5.41, 5.74) is 1.50. The van der Waals surface area contributed by atoms with Gasteiger partial charge in [0.15, 0.2) is 0 Å². The van der Waals surface area contributed by atoms with E-state index in [2.05, 4.69) is 13.8 Å². The van der Waals surface area contributed by atoms with Gasteiger partial charge in [0.2, 0.25) is 0 Å². The lowest BCUT2D eigenvalue weighted by Gasteiger charge is -2.21. The molecule has 164 valence electrons. The number of ether oxygens (including phenoxy) is 2. The second-order valence-corrected chi connectivity index (χ2v) is 7.72. The van der Waals surface area contributed by atoms with E-state index in [1.807, 2.05) is 0 Å². The quantitative estimate of drug-likeness (QED) is 0.624. The second kappa shape index (κ2) is 9.66. The maximum absolute atomic E-state index is 13.5. The highest BCUT2D eigenvalue weighted by Crippen LogP contribution is 2.38. The highest BCUT2D eigenvalue weighted by Gasteiger charge is 2.42. The normalized spacial score (nSPS) is 13.9. The number of carbonyl (C=O) groups excluding carboxylic acids is 2. The van der Waals surface area contributed by atoms with Gasteiger partial charge >= 0.3 is 0 Å². The maximum atomic E-state index is 13.5. The molecule has 2 amide bonds. The van der Waals surface area contributed by atoms with Crippen molar-refractivity contribution in [3.63, 3.8) is 0 Å². The predicted molar refractivity (Wildman–Crippen MR) is 119 cm³/mol. The summed E-state index contributed by atoms with van der Waals surface area (Å²) in [6, 6.07) is 14.0. The molecule has 0 radical (unpaired) electrons. The van der Waals surface area contributed by atoms with Gasteiger partial charge in [-0.3, -0.25) is 9.59 Å². The Morgan fingerprint density at radius 1 is 1.03 bits per heavy atom. The second-order valence-electron chi connectivity index (χ2n) is 7.72. The molecule has 0 saturated heterocycles. The first kappa shape index (κ1) is 22.4. The fourth-order valence-electron chi connectivity index (χ4n) is 3.41. The third kappa shape index (κ3) is 4.56. The zero-order chi connectivity index (χ0) is 22.5. The molecule has 0 aromatic heterocycles. The van der Waals surface area contributed by atoms with Crippen LogP contribution in [-0.4, -0.2) is 55.7 Å². The van der Waals surface area contributed by atoms with Crippen molar-refractivity contribution in [1.82, 2.24) is 4.90 Å². The van der Waals surface area contributed by atoms with Crippen LogP contribution in [0.3, 0.4) is 0 Å². The largest absolute Gasteiger partial charge is 0.495 e. The van der Waals surface area contributed by atoms with Gasteiger partial charge in [-0.15, -0.1) is 0 Å². The first-order valence-corrected chi connectivity index (χ1v) is 10.2. The summed E-state index contributed by atoms with van der Waals surface area (Å²) in [4.78, 5) is 29.6. The molecule has 7 nitrogen and oxygen atoms in total. The molecule has 1 aliphatic heterocycles. The summed E-state index contributed by atoms with van der Waals surface area (Å²) in [6.45, 7) is 4.79. The minimum absolute atomic E-state index is 0.147. The molecule has 0 fully saturated rings. The molecule has 0 atom stereocenters. The lowest BCUT2D eigenvalue weighted by atomic mass is 10.0. The highest BCUT2D eigenvalue weighted by molar-refractivity contribution is 6.45. The molecule has 1 N–H and O–H groups in total. The van der Waals surface area contributed by atoms with Crippen molar-refractivity contribution in [2.75, 3.05) is 38.8 Å². The van der Waals surface area contributed by atoms with Crippen LogP contribution in [0.2, 0.25) is 0 Å². The standard InChI is InChI=1S/C24H28N2O5/c1-16(2)15-31-18-11-9-17(10-12-18)21-22(25(3)13-14-27)24(29)26(23(21)28)19-7-5-6-8-20(19)30-4/h5-12,16,27H,13-15H2,1-4H3. The zero-order valence-corrected chi connectivity index (χ0v) is 18.3. The Kier molecular flexibility index (Phi) is 6.97. The summed E-state index contributed by atoms with van der Waals surface area (Å²) < 4.78 is 11.1. The van der Waals surface area contributed by atoms with E-state index in [0.717, 1.165) is 4.90 Å². The number of likely N-dealkylation sites (N-methyl/N-ethyl adjacent to an activating group) is 1. The number of anilines is 1. The average molecular weight is 424 g/mol. The van der Waals surface area contributed by atoms with Crippen LogP contribution in [0.1, 0.15) is 19.4 Å². The van der Waals surface area contributed by atoms with Crippen molar-refractivity contribution < 1.29 is 24.2 Å². The molecule has 0 spiro atoms. The molecule has 31 heavy (non-hydrogen) atoms. The highest BCUT2D eigenvalue weighted by atomic mass is 16.5. The number of rotatable bonds is 9. The van der Waals surface area contributed by atoms with E-state index in [1.165, 1.54) is 7.11 Å². The summed E-state index contributed by atoms with van der Waals surface area (Å²) in [5.74, 6) is 0.615. The smallest absolute Gasteiger partial charge is 0.282 e. The fraction of sp³-hybridized carbons (Fsp3) is 0.333. The third-order valence-corrected chi connectivity index (χ3v) is 4.93. The predicted octanol–water partition coefficient (Wildman–Crippen LogP) is 2.94. The van der Waals surface area contributed by atoms with E-state index in [4.69, 9.17) is 9.47 Å². The van der Waals surface area contributed by atoms with Gasteiger partial charge < -0.3 is 19.5 Å². The van der Waals surface area contributed by atoms with Gasteiger partial charge in [0.25, 0.3) is 11.8 Å². The number of amides is 2. The van der Waals surface area contributed by atoms with E-state index < -0.39 is 11.8 Å². The van der Waals surface area contributed by atoms with Gasteiger partial charge in [0.05, 0.1) is 31.6 Å². The van der Waals surface area contributed by atoms with Crippen molar-refractivity contribution >= 4 is 23.1 Å². The van der Waals surface area contributed by atoms with Gasteiger partial charge in [-0.25, -0.2) is 4.90 Å². The van der Waals surface area contributed by atoms with E-state index >= 15 is 0 Å². The lowest BCUT2D eigenvalue weighted by Crippen LogP contribution is -2.35. The Morgan fingerprint density at radius 3 is 2.32 bits per heavy atom. The molecule has 3 rings (SSSR count). The van der Waals surface area contributed by atoms with Crippen molar-refractivity contribution in [2.45, 2.75) is 13.8 Å². The molecule has 0 unspecified atom stereocenters. The zero-order valence-electron chi connectivity index (χ0n) is 18.3. The van der Waals surface area contributed by atoms with Crippen molar-refractivity contribution in [2.24, 2.45) is 5.92 Å². The number of imide groups is 1. The van der Waals surface area contributed by atoms with Gasteiger partial charge in [0.1, 0.15) is 17.2 Å². The lowest BCUT2D eigenvalue weighted by molar-refractivity contribution is -0.120. The van der Waals surface area contributed by atoms with E-state index in [-0.39, 0.29) is 24.4 Å². The number of hydrogen-bond acceptors (Lipinski definition) is 6. The van der Waals surface area contributed by atoms with Crippen LogP contribution in [0.25, 0.3) is 5.57 Å². The fourth-order valence-corrected chi connectivity index (χ4v) is 3.41. The van der Waals surface area contributed by atoms with Crippen LogP contribution < -0.4 is 14.4 Å². The molecule has 2 aromatic carbocycles. The van der Waals surface area contributed by atoms with E-state index in [1.54, 1.807) is 60.5 Å². The van der Waals surface area contributed by atoms with E-state index in [0.29, 0.717) is 35.3 Å². The molecule has 2 aromatic rings. The molecular formula is C24H28N2O5. The monoisotopic (exact) mass is 424 g/mol. The number of carbonyl (C=O) groups is 2. The first-order chi connectivity index (χ1) is 14.9. The number of methoxy groups -OCH3 is 1. The Labute approximate surface area is 182 Å². The van der Waals surface area contributed by atoms with Gasteiger partial charge in [-0.1, -0.05) is 38.1 Å². The molecule has 0 saturated carbocycles. The van der Waals surface area contributed by atoms with Crippen LogP contribution in [-0.2, 0) is 9.59 Å². The SMILES string of the molecule is COc1ccccc1N1C(=O)C(c2ccc(OCC(C)C)cc2)=C(N(C)CCO)C1=O. The molecule has 7 heteroatoms. The van der Waals surface area contributed by atoms with E-state index in [9.17, 15) is 14.7 Å². The summed E-state index contributed by atoms with van der Waals surface area (Å²) in [6.07, 6.45) is 0. The van der Waals surface area contributed by atoms with Gasteiger partial charge in [-0.05, 0) is 35.7 Å². The summed E-state index contributed by atoms with van der Waals surface area (Å²) >= 11 is 0. The van der Waals surface area contributed by atoms with Crippen molar-refractivity contribution in [1.29, 1.82) is 0 Å². The van der Waals surface area contributed by atoms with Crippen LogP contribution >= 0.6 is 0 Å². The number of aliphatic hydroxyl groups excluding tert-OH is 1. The van der Waals surface area contributed by atoms with Crippen LogP contribution in [0, 0.1) is 5.92 Å². The third-order valence-electron chi connectivity index (χ3n) is 4.93. The molecule has 1 aliphatic rings. The summed E-state index contributed by atoms with van der Waals surface area (Å²) in [7, 11) is 3.18. The topological polar surface area (TPSA) is 79.3 Å². The maximum Gasteiger partial charge on any atom is 0.282 e. The van der Waals surface area contributed by atoms with Crippen molar-refractivity contribution in [3.05, 3.63) is 59.8 Å². The first-order valence-electron chi connectivity index (χ1n) is 10.2. The molecule has 0 bridgehead atoms. The van der Waals surface area contributed by atoms with Gasteiger partial charge in [0, 0.05) is 13.6 Å². The van der Waals surface area contributed by atoms with Crippen LogP contribution in [0.5, 0.6) is 11.5 Å². The van der Waals surface area contributed by atoms with Gasteiger partial charge in [-0.2, -0.15) is 0 Å². The number of aliphatic hydroxyl groups is 1. The number of nitrogens with zero attached hydrogens (tertiary/aromatic N) is 2. The van der Waals surface area contributed by atoms with Crippen molar-refractivity contribution in [3.8, 4) is 11.5 Å². The Hall–Kier alpha value is -3.32. The van der Waals surface area contributed by atoms with Crippen LogP contribution in [0.4, 0.5) is 5.69 Å². The number of hydrogen-bond donors (Lipinski definition) is 1.